The zero-order valence-electron chi connectivity index (χ0n) is 16.3. The molecule has 0 unspecified atom stereocenters. The number of aliphatic carboxylic acids is 1. The first-order valence-electron chi connectivity index (χ1n) is 9.70. The molecule has 2 aromatic carbocycles. The molecule has 154 valence electrons. The molecule has 1 fully saturated rings. The summed E-state index contributed by atoms with van der Waals surface area (Å²) in [5.74, 6) is -1.33. The largest absolute Gasteiger partial charge is 0.481 e. The Balaban J connectivity index is 1.57. The molecule has 0 spiro atoms. The third-order valence-electron chi connectivity index (χ3n) is 5.73. The van der Waals surface area contributed by atoms with Gasteiger partial charge in [0.2, 0.25) is 0 Å². The van der Waals surface area contributed by atoms with Gasteiger partial charge in [-0.05, 0) is 30.5 Å². The molecule has 2 heterocycles. The number of nitrogens with zero attached hydrogens (tertiary/aromatic N) is 4. The van der Waals surface area contributed by atoms with E-state index in [-0.39, 0.29) is 31.8 Å². The second-order valence-corrected chi connectivity index (χ2v) is 7.50. The molecule has 1 saturated heterocycles. The zero-order valence-corrected chi connectivity index (χ0v) is 16.3. The molecular weight excluding hydrogens is 384 g/mol. The number of carboxylic acid groups (broad SMARTS) is 1. The Morgan fingerprint density at radius 1 is 1.10 bits per heavy atom. The van der Waals surface area contributed by atoms with Crippen molar-refractivity contribution in [1.82, 2.24) is 19.7 Å². The molecule has 0 aliphatic carbocycles. The van der Waals surface area contributed by atoms with Gasteiger partial charge < -0.3 is 15.1 Å². The molecule has 1 aliphatic rings. The molecule has 30 heavy (non-hydrogen) atoms. The standard InChI is InChI=1S/C22H22N4O4/c27-19-13-25(11-10-22(19,21(29)30)12-16-6-2-1-3-7-16)20(28)17-8-4-5-9-18(17)26-15-23-14-24-26/h1-9,14-15,19,27H,10-13H2,(H,29,30)/t19-,22-/m1/s1. The van der Waals surface area contributed by atoms with Crippen LogP contribution in [-0.2, 0) is 11.2 Å². The van der Waals surface area contributed by atoms with E-state index in [1.54, 1.807) is 24.3 Å². The quantitative estimate of drug-likeness (QED) is 0.669. The lowest BCUT2D eigenvalue weighted by molar-refractivity contribution is -0.161. The first-order chi connectivity index (χ1) is 14.5. The van der Waals surface area contributed by atoms with Crippen LogP contribution in [0.2, 0.25) is 0 Å². The fourth-order valence-corrected chi connectivity index (χ4v) is 4.01. The summed E-state index contributed by atoms with van der Waals surface area (Å²) in [7, 11) is 0. The number of carbonyl (C=O) groups is 2. The summed E-state index contributed by atoms with van der Waals surface area (Å²) < 4.78 is 1.50. The van der Waals surface area contributed by atoms with E-state index in [0.29, 0.717) is 11.3 Å². The first kappa shape index (κ1) is 19.8. The smallest absolute Gasteiger partial charge is 0.312 e. The minimum Gasteiger partial charge on any atom is -0.481 e. The van der Waals surface area contributed by atoms with Gasteiger partial charge in [-0.2, -0.15) is 5.10 Å². The number of benzene rings is 2. The van der Waals surface area contributed by atoms with Gasteiger partial charge in [0.05, 0.1) is 17.4 Å². The number of hydrogen-bond acceptors (Lipinski definition) is 5. The van der Waals surface area contributed by atoms with Gasteiger partial charge in [-0.25, -0.2) is 9.67 Å². The summed E-state index contributed by atoms with van der Waals surface area (Å²) in [6.45, 7) is 0.185. The highest BCUT2D eigenvalue weighted by atomic mass is 16.4. The highest BCUT2D eigenvalue weighted by Gasteiger charge is 2.49. The predicted octanol–water partition coefficient (Wildman–Crippen LogP) is 1.79. The lowest BCUT2D eigenvalue weighted by Gasteiger charge is -2.43. The monoisotopic (exact) mass is 406 g/mol. The van der Waals surface area contributed by atoms with Crippen LogP contribution in [0.5, 0.6) is 0 Å². The maximum atomic E-state index is 13.2. The van der Waals surface area contributed by atoms with Crippen molar-refractivity contribution in [3.05, 3.63) is 78.4 Å². The Morgan fingerprint density at radius 3 is 2.50 bits per heavy atom. The number of carbonyl (C=O) groups excluding carboxylic acids is 1. The number of carboxylic acids is 1. The number of aliphatic hydroxyl groups is 1. The van der Waals surface area contributed by atoms with Crippen LogP contribution in [0.15, 0.2) is 67.3 Å². The van der Waals surface area contributed by atoms with Crippen LogP contribution < -0.4 is 0 Å². The van der Waals surface area contributed by atoms with E-state index in [9.17, 15) is 19.8 Å². The number of para-hydroxylation sites is 1. The second-order valence-electron chi connectivity index (χ2n) is 7.50. The fraction of sp³-hybridized carbons (Fsp3) is 0.273. The van der Waals surface area contributed by atoms with Crippen LogP contribution in [0.25, 0.3) is 5.69 Å². The number of piperidine rings is 1. The second kappa shape index (κ2) is 8.08. The molecule has 2 N–H and O–H groups in total. The number of aromatic nitrogens is 3. The number of rotatable bonds is 5. The Kier molecular flexibility index (Phi) is 5.33. The van der Waals surface area contributed by atoms with Gasteiger partial charge in [-0.1, -0.05) is 42.5 Å². The van der Waals surface area contributed by atoms with Crippen molar-refractivity contribution in [2.45, 2.75) is 18.9 Å². The van der Waals surface area contributed by atoms with E-state index in [4.69, 9.17) is 0 Å². The van der Waals surface area contributed by atoms with E-state index >= 15 is 0 Å². The van der Waals surface area contributed by atoms with Crippen LogP contribution in [0.1, 0.15) is 22.3 Å². The molecule has 1 aromatic heterocycles. The van der Waals surface area contributed by atoms with Crippen LogP contribution in [0.4, 0.5) is 0 Å². The Hall–Kier alpha value is -3.52. The summed E-state index contributed by atoms with van der Waals surface area (Å²) >= 11 is 0. The summed E-state index contributed by atoms with van der Waals surface area (Å²) in [5.41, 5.74) is 0.508. The molecule has 4 rings (SSSR count). The molecule has 8 nitrogen and oxygen atoms in total. The first-order valence-corrected chi connectivity index (χ1v) is 9.70. The normalized spacial score (nSPS) is 21.4. The van der Waals surface area contributed by atoms with Gasteiger partial charge in [0.25, 0.3) is 5.91 Å². The van der Waals surface area contributed by atoms with E-state index in [0.717, 1.165) is 5.56 Å². The van der Waals surface area contributed by atoms with E-state index in [1.165, 1.54) is 22.2 Å². The molecular formula is C22H22N4O4. The molecule has 1 amide bonds. The Morgan fingerprint density at radius 2 is 1.83 bits per heavy atom. The molecule has 2 atom stereocenters. The molecule has 1 aliphatic heterocycles. The van der Waals surface area contributed by atoms with Crippen molar-refractivity contribution in [2.75, 3.05) is 13.1 Å². The summed E-state index contributed by atoms with van der Waals surface area (Å²) in [6.07, 6.45) is 2.08. The Labute approximate surface area is 173 Å². The van der Waals surface area contributed by atoms with Crippen molar-refractivity contribution < 1.29 is 19.8 Å². The fourth-order valence-electron chi connectivity index (χ4n) is 4.01. The van der Waals surface area contributed by atoms with E-state index < -0.39 is 17.5 Å². The van der Waals surface area contributed by atoms with Crippen molar-refractivity contribution in [2.24, 2.45) is 5.41 Å². The van der Waals surface area contributed by atoms with Gasteiger partial charge in [0, 0.05) is 13.1 Å². The highest BCUT2D eigenvalue weighted by molar-refractivity contribution is 5.98. The van der Waals surface area contributed by atoms with Crippen molar-refractivity contribution >= 4 is 11.9 Å². The maximum absolute atomic E-state index is 13.2. The molecule has 8 heteroatoms. The summed E-state index contributed by atoms with van der Waals surface area (Å²) in [4.78, 5) is 30.8. The SMILES string of the molecule is O=C(c1ccccc1-n1cncn1)N1CC[C@](Cc2ccccc2)(C(=O)O)[C@H](O)C1. The van der Waals surface area contributed by atoms with Crippen molar-refractivity contribution in [1.29, 1.82) is 0 Å². The minimum absolute atomic E-state index is 0.0519. The predicted molar refractivity (Wildman–Crippen MR) is 108 cm³/mol. The van der Waals surface area contributed by atoms with Gasteiger partial charge in [-0.15, -0.1) is 0 Å². The van der Waals surface area contributed by atoms with Crippen LogP contribution in [0.3, 0.4) is 0 Å². The highest BCUT2D eigenvalue weighted by Crippen LogP contribution is 2.36. The third-order valence-corrected chi connectivity index (χ3v) is 5.73. The average Bonchev–Trinajstić information content (AvgIpc) is 3.30. The van der Waals surface area contributed by atoms with E-state index in [1.807, 2.05) is 30.3 Å². The molecule has 3 aromatic rings. The van der Waals surface area contributed by atoms with Gasteiger partial charge in [0.1, 0.15) is 18.1 Å². The number of hydrogen-bond donors (Lipinski definition) is 2. The zero-order chi connectivity index (χ0) is 21.1. The number of likely N-dealkylation sites (tertiary alicyclic amines) is 1. The topological polar surface area (TPSA) is 109 Å². The summed E-state index contributed by atoms with van der Waals surface area (Å²) in [6, 6.07) is 16.3. The van der Waals surface area contributed by atoms with Crippen molar-refractivity contribution in [3.63, 3.8) is 0 Å². The minimum atomic E-state index is -1.33. The van der Waals surface area contributed by atoms with Crippen LogP contribution >= 0.6 is 0 Å². The lowest BCUT2D eigenvalue weighted by Crippen LogP contribution is -2.57. The number of amides is 1. The van der Waals surface area contributed by atoms with Crippen molar-refractivity contribution in [3.8, 4) is 5.69 Å². The van der Waals surface area contributed by atoms with E-state index in [2.05, 4.69) is 10.1 Å². The van der Waals surface area contributed by atoms with Crippen LogP contribution in [0, 0.1) is 5.41 Å². The van der Waals surface area contributed by atoms with Gasteiger partial charge >= 0.3 is 5.97 Å². The average molecular weight is 406 g/mol. The Bertz CT molecular complexity index is 1040. The summed E-state index contributed by atoms with van der Waals surface area (Å²) in [5, 5.41) is 24.9. The van der Waals surface area contributed by atoms with Crippen LogP contribution in [-0.4, -0.2) is 60.9 Å². The van der Waals surface area contributed by atoms with Gasteiger partial charge in [0.15, 0.2) is 0 Å². The maximum Gasteiger partial charge on any atom is 0.312 e. The number of aliphatic hydroxyl groups excluding tert-OH is 1. The third kappa shape index (κ3) is 3.57. The number of β-amino-alcohol motifs (C(OH)–C–C–N with tert-alkyl or cyclic N) is 1. The van der Waals surface area contributed by atoms with Gasteiger partial charge in [-0.3, -0.25) is 9.59 Å². The molecule has 0 radical (unpaired) electrons. The molecule has 0 saturated carbocycles. The molecule has 0 bridgehead atoms. The lowest BCUT2D eigenvalue weighted by atomic mass is 9.71.